The van der Waals surface area contributed by atoms with Gasteiger partial charge in [-0.15, -0.1) is 0 Å². The number of nitro groups is 1. The van der Waals surface area contributed by atoms with Crippen LogP contribution in [-0.2, 0) is 4.74 Å². The Morgan fingerprint density at radius 2 is 1.96 bits per heavy atom. The van der Waals surface area contributed by atoms with E-state index in [2.05, 4.69) is 37.9 Å². The number of nitrogens with one attached hydrogen (secondary N) is 1. The third kappa shape index (κ3) is 4.76. The van der Waals surface area contributed by atoms with Crippen molar-refractivity contribution in [1.29, 1.82) is 0 Å². The minimum atomic E-state index is -0.444. The summed E-state index contributed by atoms with van der Waals surface area (Å²) < 4.78 is 5.77. The summed E-state index contributed by atoms with van der Waals surface area (Å²) in [6.45, 7) is 12.1. The lowest BCUT2D eigenvalue weighted by molar-refractivity contribution is -0.385. The number of rotatable bonds is 5. The lowest BCUT2D eigenvalue weighted by Gasteiger charge is -2.45. The van der Waals surface area contributed by atoms with Gasteiger partial charge in [0.2, 0.25) is 0 Å². The van der Waals surface area contributed by atoms with Crippen LogP contribution >= 0.6 is 0 Å². The highest BCUT2D eigenvalue weighted by molar-refractivity contribution is 5.94. The molecule has 1 aromatic rings. The Hall–Kier alpha value is -1.99. The first-order valence-electron chi connectivity index (χ1n) is 8.54. The Balaban J connectivity index is 2.01. The number of aryl methyl sites for hydroxylation is 1. The Morgan fingerprint density at radius 1 is 1.36 bits per heavy atom. The molecule has 25 heavy (non-hydrogen) atoms. The van der Waals surface area contributed by atoms with Gasteiger partial charge in [-0.05, 0) is 46.8 Å². The fraction of sp³-hybridized carbons (Fsp3) is 0.611. The van der Waals surface area contributed by atoms with E-state index in [0.29, 0.717) is 17.7 Å². The number of hydrogen-bond acceptors (Lipinski definition) is 5. The van der Waals surface area contributed by atoms with Crippen molar-refractivity contribution < 1.29 is 14.5 Å². The van der Waals surface area contributed by atoms with Crippen molar-refractivity contribution in [2.24, 2.45) is 0 Å². The predicted octanol–water partition coefficient (Wildman–Crippen LogP) is 2.52. The molecule has 0 unspecified atom stereocenters. The molecular formula is C18H27N3O4. The van der Waals surface area contributed by atoms with Crippen LogP contribution in [0.25, 0.3) is 0 Å². The standard InChI is InChI=1S/C18H27N3O4/c1-12-8-15(6-7-16(12)21(23)24)17(22)19-11-18(4,5)20-9-13(2)25-14(3)10-20/h6-8,13-14H,9-11H2,1-5H3,(H,19,22)/t13-,14-/m1/s1. The summed E-state index contributed by atoms with van der Waals surface area (Å²) >= 11 is 0. The molecule has 7 nitrogen and oxygen atoms in total. The van der Waals surface area contributed by atoms with Gasteiger partial charge in [-0.3, -0.25) is 19.8 Å². The number of morpholine rings is 1. The maximum atomic E-state index is 12.4. The van der Waals surface area contributed by atoms with Crippen LogP contribution in [0.5, 0.6) is 0 Å². The van der Waals surface area contributed by atoms with Crippen LogP contribution in [0.3, 0.4) is 0 Å². The number of benzene rings is 1. The summed E-state index contributed by atoms with van der Waals surface area (Å²) in [5.74, 6) is -0.222. The molecule has 2 atom stereocenters. The fourth-order valence-corrected chi connectivity index (χ4v) is 3.18. The molecule has 2 rings (SSSR count). The molecule has 0 aromatic heterocycles. The average molecular weight is 349 g/mol. The highest BCUT2D eigenvalue weighted by atomic mass is 16.6. The third-order valence-corrected chi connectivity index (χ3v) is 4.61. The monoisotopic (exact) mass is 349 g/mol. The van der Waals surface area contributed by atoms with E-state index in [0.717, 1.165) is 13.1 Å². The summed E-state index contributed by atoms with van der Waals surface area (Å²) in [7, 11) is 0. The van der Waals surface area contributed by atoms with Gasteiger partial charge in [0.1, 0.15) is 0 Å². The van der Waals surface area contributed by atoms with Crippen molar-refractivity contribution in [3.8, 4) is 0 Å². The van der Waals surface area contributed by atoms with E-state index in [1.807, 2.05) is 0 Å². The maximum Gasteiger partial charge on any atom is 0.272 e. The molecule has 1 heterocycles. The van der Waals surface area contributed by atoms with Crippen LogP contribution in [0, 0.1) is 17.0 Å². The molecule has 7 heteroatoms. The van der Waals surface area contributed by atoms with Gasteiger partial charge >= 0.3 is 0 Å². The van der Waals surface area contributed by atoms with Crippen LogP contribution in [0.1, 0.15) is 43.6 Å². The average Bonchev–Trinajstić information content (AvgIpc) is 2.51. The largest absolute Gasteiger partial charge is 0.373 e. The van der Waals surface area contributed by atoms with Gasteiger partial charge < -0.3 is 10.1 Å². The Kier molecular flexibility index (Phi) is 5.80. The lowest BCUT2D eigenvalue weighted by Crippen LogP contribution is -2.58. The number of nitro benzene ring substituents is 1. The molecule has 1 aliphatic heterocycles. The molecule has 0 radical (unpaired) electrons. The molecule has 1 amide bonds. The number of nitrogens with zero attached hydrogens (tertiary/aromatic N) is 2. The second kappa shape index (κ2) is 7.49. The van der Waals surface area contributed by atoms with E-state index in [1.165, 1.54) is 12.1 Å². The lowest BCUT2D eigenvalue weighted by atomic mass is 9.99. The summed E-state index contributed by atoms with van der Waals surface area (Å²) in [6.07, 6.45) is 0.326. The summed E-state index contributed by atoms with van der Waals surface area (Å²) in [4.78, 5) is 25.2. The Morgan fingerprint density at radius 3 is 2.48 bits per heavy atom. The first-order chi connectivity index (χ1) is 11.6. The van der Waals surface area contributed by atoms with E-state index in [4.69, 9.17) is 4.74 Å². The van der Waals surface area contributed by atoms with Gasteiger partial charge in [0, 0.05) is 42.4 Å². The first-order valence-corrected chi connectivity index (χ1v) is 8.54. The van der Waals surface area contributed by atoms with Crippen molar-refractivity contribution in [3.05, 3.63) is 39.4 Å². The number of carbonyl (C=O) groups excluding carboxylic acids is 1. The topological polar surface area (TPSA) is 84.7 Å². The fourth-order valence-electron chi connectivity index (χ4n) is 3.18. The normalized spacial score (nSPS) is 21.8. The molecule has 1 fully saturated rings. The zero-order valence-corrected chi connectivity index (χ0v) is 15.5. The quantitative estimate of drug-likeness (QED) is 0.652. The SMILES string of the molecule is Cc1cc(C(=O)NCC(C)(C)N2C[C@@H](C)O[C@H](C)C2)ccc1[N+](=O)[O-]. The van der Waals surface area contributed by atoms with Gasteiger partial charge in [0.25, 0.3) is 11.6 Å². The summed E-state index contributed by atoms with van der Waals surface area (Å²) in [6, 6.07) is 4.42. The van der Waals surface area contributed by atoms with Crippen molar-refractivity contribution in [1.82, 2.24) is 10.2 Å². The molecule has 1 N–H and O–H groups in total. The molecule has 0 saturated carbocycles. The van der Waals surface area contributed by atoms with Gasteiger partial charge in [-0.1, -0.05) is 0 Å². The highest BCUT2D eigenvalue weighted by Crippen LogP contribution is 2.22. The van der Waals surface area contributed by atoms with Gasteiger partial charge in [0.05, 0.1) is 17.1 Å². The molecule has 0 spiro atoms. The van der Waals surface area contributed by atoms with E-state index in [9.17, 15) is 14.9 Å². The second-order valence-corrected chi connectivity index (χ2v) is 7.42. The molecule has 138 valence electrons. The van der Waals surface area contributed by atoms with E-state index in [-0.39, 0.29) is 29.3 Å². The maximum absolute atomic E-state index is 12.4. The molecule has 0 bridgehead atoms. The van der Waals surface area contributed by atoms with Gasteiger partial charge in [-0.2, -0.15) is 0 Å². The number of hydrogen-bond donors (Lipinski definition) is 1. The number of ether oxygens (including phenoxy) is 1. The van der Waals surface area contributed by atoms with Gasteiger partial charge in [0.15, 0.2) is 0 Å². The molecule has 0 aliphatic carbocycles. The van der Waals surface area contributed by atoms with Crippen LogP contribution in [0.2, 0.25) is 0 Å². The summed E-state index contributed by atoms with van der Waals surface area (Å²) in [5.41, 5.74) is 0.723. The van der Waals surface area contributed by atoms with Crippen molar-refractivity contribution in [2.45, 2.75) is 52.4 Å². The minimum Gasteiger partial charge on any atom is -0.373 e. The van der Waals surface area contributed by atoms with Crippen LogP contribution in [-0.4, -0.2) is 53.1 Å². The van der Waals surface area contributed by atoms with Crippen LogP contribution < -0.4 is 5.32 Å². The van der Waals surface area contributed by atoms with Gasteiger partial charge in [-0.25, -0.2) is 0 Å². The zero-order valence-electron chi connectivity index (χ0n) is 15.5. The summed E-state index contributed by atoms with van der Waals surface area (Å²) in [5, 5.41) is 13.8. The van der Waals surface area contributed by atoms with Crippen molar-refractivity contribution >= 4 is 11.6 Å². The van der Waals surface area contributed by atoms with Crippen LogP contribution in [0.15, 0.2) is 18.2 Å². The van der Waals surface area contributed by atoms with Crippen molar-refractivity contribution in [3.63, 3.8) is 0 Å². The first kappa shape index (κ1) is 19.3. The number of carbonyl (C=O) groups is 1. The van der Waals surface area contributed by atoms with Crippen LogP contribution in [0.4, 0.5) is 5.69 Å². The molecule has 1 aromatic carbocycles. The molecule has 1 saturated heterocycles. The third-order valence-electron chi connectivity index (χ3n) is 4.61. The Bertz CT molecular complexity index is 650. The minimum absolute atomic E-state index is 0.0215. The van der Waals surface area contributed by atoms with E-state index < -0.39 is 4.92 Å². The van der Waals surface area contributed by atoms with Crippen molar-refractivity contribution in [2.75, 3.05) is 19.6 Å². The Labute approximate surface area is 148 Å². The zero-order chi connectivity index (χ0) is 18.8. The smallest absolute Gasteiger partial charge is 0.272 e. The predicted molar refractivity (Wildman–Crippen MR) is 95.8 cm³/mol. The molecule has 1 aliphatic rings. The second-order valence-electron chi connectivity index (χ2n) is 7.42. The van der Waals surface area contributed by atoms with E-state index in [1.54, 1.807) is 13.0 Å². The molecular weight excluding hydrogens is 322 g/mol. The number of amides is 1. The highest BCUT2D eigenvalue weighted by Gasteiger charge is 2.33. The van der Waals surface area contributed by atoms with E-state index >= 15 is 0 Å².